The lowest BCUT2D eigenvalue weighted by molar-refractivity contribution is 0.0955. The van der Waals surface area contributed by atoms with Crippen LogP contribution in [0.4, 0.5) is 5.69 Å². The van der Waals surface area contributed by atoms with Crippen molar-refractivity contribution < 1.29 is 9.53 Å². The lowest BCUT2D eigenvalue weighted by Crippen LogP contribution is -2.17. The smallest absolute Gasteiger partial charge is 0.271 e. The van der Waals surface area contributed by atoms with E-state index in [0.717, 1.165) is 11.1 Å². The average molecular weight is 380 g/mol. The van der Waals surface area contributed by atoms with Gasteiger partial charge in [-0.05, 0) is 47.5 Å². The molecule has 136 valence electrons. The Bertz CT molecular complexity index is 959. The minimum atomic E-state index is -0.340. The van der Waals surface area contributed by atoms with E-state index in [2.05, 4.69) is 10.5 Å². The number of anilines is 1. The fourth-order valence-electron chi connectivity index (χ4n) is 2.36. The first-order chi connectivity index (χ1) is 13.1. The third-order valence-corrected chi connectivity index (χ3v) is 4.02. The van der Waals surface area contributed by atoms with Crippen LogP contribution >= 0.6 is 11.6 Å². The van der Waals surface area contributed by atoms with E-state index in [-0.39, 0.29) is 5.91 Å². The van der Waals surface area contributed by atoms with E-state index in [1.54, 1.807) is 36.4 Å². The molecule has 0 aromatic heterocycles. The van der Waals surface area contributed by atoms with Crippen LogP contribution in [0, 0.1) is 0 Å². The van der Waals surface area contributed by atoms with Gasteiger partial charge in [-0.15, -0.1) is 0 Å². The minimum absolute atomic E-state index is 0.340. The summed E-state index contributed by atoms with van der Waals surface area (Å²) >= 11 is 6.26. The molecular weight excluding hydrogens is 362 g/mol. The molecule has 0 aliphatic rings. The Balaban J connectivity index is 1.58. The maximum Gasteiger partial charge on any atom is 0.271 e. The highest BCUT2D eigenvalue weighted by atomic mass is 35.5. The van der Waals surface area contributed by atoms with Gasteiger partial charge in [-0.1, -0.05) is 48.0 Å². The lowest BCUT2D eigenvalue weighted by Gasteiger charge is -2.08. The van der Waals surface area contributed by atoms with Crippen LogP contribution < -0.4 is 15.9 Å². The van der Waals surface area contributed by atoms with Crippen molar-refractivity contribution in [3.8, 4) is 5.75 Å². The number of rotatable bonds is 6. The number of hydrogen-bond donors (Lipinski definition) is 2. The van der Waals surface area contributed by atoms with Gasteiger partial charge in [-0.3, -0.25) is 4.79 Å². The van der Waals surface area contributed by atoms with Crippen LogP contribution in [0.2, 0.25) is 5.02 Å². The van der Waals surface area contributed by atoms with Gasteiger partial charge in [0.2, 0.25) is 0 Å². The van der Waals surface area contributed by atoms with E-state index in [1.807, 2.05) is 36.4 Å². The van der Waals surface area contributed by atoms with E-state index in [9.17, 15) is 4.79 Å². The molecule has 6 heteroatoms. The van der Waals surface area contributed by atoms with E-state index in [4.69, 9.17) is 22.1 Å². The Hall–Kier alpha value is -3.31. The molecular formula is C21H18ClN3O2. The highest BCUT2D eigenvalue weighted by molar-refractivity contribution is 6.32. The minimum Gasteiger partial charge on any atom is -0.487 e. The summed E-state index contributed by atoms with van der Waals surface area (Å²) in [6, 6.07) is 21.8. The predicted octanol–water partition coefficient (Wildman–Crippen LogP) is 4.27. The van der Waals surface area contributed by atoms with E-state index in [1.165, 1.54) is 6.21 Å². The molecule has 0 atom stereocenters. The number of nitrogens with two attached hydrogens (primary N) is 1. The number of hydrogen-bond acceptors (Lipinski definition) is 4. The van der Waals surface area contributed by atoms with Crippen molar-refractivity contribution in [3.05, 3.63) is 94.5 Å². The van der Waals surface area contributed by atoms with Crippen LogP contribution in [-0.4, -0.2) is 12.1 Å². The molecule has 0 heterocycles. The fourth-order valence-corrected chi connectivity index (χ4v) is 2.60. The molecule has 3 aromatic rings. The van der Waals surface area contributed by atoms with Crippen LogP contribution in [0.25, 0.3) is 0 Å². The zero-order valence-corrected chi connectivity index (χ0v) is 15.2. The summed E-state index contributed by atoms with van der Waals surface area (Å²) in [5, 5.41) is 4.42. The van der Waals surface area contributed by atoms with Crippen molar-refractivity contribution in [2.75, 3.05) is 5.73 Å². The normalized spacial score (nSPS) is 10.7. The summed E-state index contributed by atoms with van der Waals surface area (Å²) in [4.78, 5) is 12.0. The first kappa shape index (κ1) is 18.5. The molecule has 0 fully saturated rings. The monoisotopic (exact) mass is 379 g/mol. The Kier molecular flexibility index (Phi) is 6.07. The van der Waals surface area contributed by atoms with Gasteiger partial charge >= 0.3 is 0 Å². The first-order valence-corrected chi connectivity index (χ1v) is 8.65. The summed E-state index contributed by atoms with van der Waals surface area (Å²) < 4.78 is 5.73. The summed E-state index contributed by atoms with van der Waals surface area (Å²) in [6.45, 7) is 0.435. The maximum atomic E-state index is 12.0. The number of carbonyl (C=O) groups is 1. The number of nitrogen functional groups attached to an aromatic ring is 1. The van der Waals surface area contributed by atoms with Crippen molar-refractivity contribution in [2.45, 2.75) is 6.61 Å². The second-order valence-corrected chi connectivity index (χ2v) is 6.20. The maximum absolute atomic E-state index is 12.0. The van der Waals surface area contributed by atoms with Crippen LogP contribution in [0.15, 0.2) is 77.9 Å². The van der Waals surface area contributed by atoms with Crippen LogP contribution in [0.5, 0.6) is 5.75 Å². The number of nitrogens with zero attached hydrogens (tertiary/aromatic N) is 1. The highest BCUT2D eigenvalue weighted by Gasteiger charge is 2.05. The number of hydrazone groups is 1. The molecule has 0 bridgehead atoms. The molecule has 1 amide bonds. The van der Waals surface area contributed by atoms with Gasteiger partial charge < -0.3 is 10.5 Å². The van der Waals surface area contributed by atoms with Gasteiger partial charge in [-0.25, -0.2) is 5.43 Å². The quantitative estimate of drug-likeness (QED) is 0.381. The van der Waals surface area contributed by atoms with Crippen LogP contribution in [-0.2, 0) is 6.61 Å². The summed E-state index contributed by atoms with van der Waals surface area (Å²) in [7, 11) is 0. The molecule has 0 spiro atoms. The number of amides is 1. The zero-order valence-electron chi connectivity index (χ0n) is 14.4. The van der Waals surface area contributed by atoms with Crippen molar-refractivity contribution in [3.63, 3.8) is 0 Å². The molecule has 0 saturated carbocycles. The molecule has 0 radical (unpaired) electrons. The number of nitrogens with one attached hydrogen (secondary N) is 1. The zero-order chi connectivity index (χ0) is 19.1. The average Bonchev–Trinajstić information content (AvgIpc) is 2.68. The second-order valence-electron chi connectivity index (χ2n) is 5.79. The molecule has 3 rings (SSSR count). The summed E-state index contributed by atoms with van der Waals surface area (Å²) in [5.74, 6) is 0.244. The van der Waals surface area contributed by atoms with Gasteiger partial charge in [0.15, 0.2) is 0 Å². The van der Waals surface area contributed by atoms with Crippen molar-refractivity contribution in [2.24, 2.45) is 5.10 Å². The Morgan fingerprint density at radius 1 is 1.07 bits per heavy atom. The molecule has 0 saturated heterocycles. The van der Waals surface area contributed by atoms with Crippen molar-refractivity contribution in [1.82, 2.24) is 5.43 Å². The third-order valence-electron chi connectivity index (χ3n) is 3.72. The first-order valence-electron chi connectivity index (χ1n) is 8.27. The van der Waals surface area contributed by atoms with Crippen molar-refractivity contribution >= 4 is 29.4 Å². The largest absolute Gasteiger partial charge is 0.487 e. The Morgan fingerprint density at radius 3 is 2.63 bits per heavy atom. The van der Waals surface area contributed by atoms with Crippen molar-refractivity contribution in [1.29, 1.82) is 0 Å². The molecule has 3 aromatic carbocycles. The molecule has 0 aliphatic carbocycles. The van der Waals surface area contributed by atoms with Crippen LogP contribution in [0.3, 0.4) is 0 Å². The lowest BCUT2D eigenvalue weighted by atomic mass is 10.2. The number of halogens is 1. The van der Waals surface area contributed by atoms with Gasteiger partial charge in [-0.2, -0.15) is 5.10 Å². The predicted molar refractivity (Wildman–Crippen MR) is 108 cm³/mol. The molecule has 0 unspecified atom stereocenters. The SMILES string of the molecule is Nc1cccc(C(=O)N/N=C\c2ccc(OCc3ccccc3)c(Cl)c2)c1. The van der Waals surface area contributed by atoms with Gasteiger partial charge in [0.25, 0.3) is 5.91 Å². The summed E-state index contributed by atoms with van der Waals surface area (Å²) in [5.41, 5.74) is 10.9. The molecule has 0 aliphatic heterocycles. The number of ether oxygens (including phenoxy) is 1. The second kappa shape index (κ2) is 8.87. The standard InChI is InChI=1S/C21H18ClN3O2/c22-19-11-16(9-10-20(19)27-14-15-5-2-1-3-6-15)13-24-25-21(26)17-7-4-8-18(23)12-17/h1-13H,14,23H2,(H,25,26)/b24-13-. The molecule has 3 N–H and O–H groups in total. The number of carbonyl (C=O) groups excluding carboxylic acids is 1. The van der Waals surface area contributed by atoms with Gasteiger partial charge in [0.05, 0.1) is 11.2 Å². The van der Waals surface area contributed by atoms with Gasteiger partial charge in [0, 0.05) is 11.3 Å². The van der Waals surface area contributed by atoms with Gasteiger partial charge in [0.1, 0.15) is 12.4 Å². The third kappa shape index (κ3) is 5.33. The van der Waals surface area contributed by atoms with E-state index in [0.29, 0.717) is 28.6 Å². The fraction of sp³-hybridized carbons (Fsp3) is 0.0476. The Labute approximate surface area is 162 Å². The van der Waals surface area contributed by atoms with E-state index >= 15 is 0 Å². The summed E-state index contributed by atoms with van der Waals surface area (Å²) in [6.07, 6.45) is 1.51. The Morgan fingerprint density at radius 2 is 1.89 bits per heavy atom. The number of benzene rings is 3. The van der Waals surface area contributed by atoms with Crippen LogP contribution in [0.1, 0.15) is 21.5 Å². The molecule has 5 nitrogen and oxygen atoms in total. The molecule has 27 heavy (non-hydrogen) atoms. The highest BCUT2D eigenvalue weighted by Crippen LogP contribution is 2.25. The van der Waals surface area contributed by atoms with E-state index < -0.39 is 0 Å². The topological polar surface area (TPSA) is 76.7 Å².